The van der Waals surface area contributed by atoms with Crippen molar-refractivity contribution >= 4 is 45.8 Å². The molecule has 0 aromatic carbocycles. The molecule has 0 aliphatic heterocycles. The van der Waals surface area contributed by atoms with Crippen LogP contribution in [0.3, 0.4) is 0 Å². The van der Waals surface area contributed by atoms with Gasteiger partial charge in [-0.25, -0.2) is 14.3 Å². The summed E-state index contributed by atoms with van der Waals surface area (Å²) in [4.78, 5) is 34.3. The molecule has 0 radical (unpaired) electrons. The van der Waals surface area contributed by atoms with Crippen LogP contribution in [0.2, 0.25) is 0 Å². The molecule has 0 atom stereocenters. The fourth-order valence-electron chi connectivity index (χ4n) is 2.67. The van der Waals surface area contributed by atoms with Crippen LogP contribution < -0.4 is 5.32 Å². The van der Waals surface area contributed by atoms with E-state index in [1.807, 2.05) is 33.8 Å². The number of rotatable bonds is 6. The summed E-state index contributed by atoms with van der Waals surface area (Å²) in [5, 5.41) is 8.17. The number of anilines is 1. The van der Waals surface area contributed by atoms with E-state index in [2.05, 4.69) is 20.4 Å². The first-order chi connectivity index (χ1) is 13.3. The van der Waals surface area contributed by atoms with Gasteiger partial charge in [0.2, 0.25) is 11.1 Å². The van der Waals surface area contributed by atoms with Crippen molar-refractivity contribution in [2.45, 2.75) is 39.8 Å². The highest BCUT2D eigenvalue weighted by molar-refractivity contribution is 7.99. The Labute approximate surface area is 170 Å². The molecule has 1 amide bonds. The lowest BCUT2D eigenvalue weighted by atomic mass is 10.1. The second kappa shape index (κ2) is 8.27. The molecule has 0 bridgehead atoms. The predicted molar refractivity (Wildman–Crippen MR) is 109 cm³/mol. The second-order valence-corrected chi connectivity index (χ2v) is 8.36. The number of esters is 1. The van der Waals surface area contributed by atoms with E-state index in [9.17, 15) is 9.59 Å². The van der Waals surface area contributed by atoms with E-state index in [4.69, 9.17) is 4.74 Å². The van der Waals surface area contributed by atoms with Crippen molar-refractivity contribution < 1.29 is 14.3 Å². The van der Waals surface area contributed by atoms with Crippen molar-refractivity contribution in [2.24, 2.45) is 0 Å². The van der Waals surface area contributed by atoms with E-state index in [0.717, 1.165) is 21.8 Å². The Morgan fingerprint density at radius 1 is 1.25 bits per heavy atom. The monoisotopic (exact) mass is 419 g/mol. The maximum Gasteiger partial charge on any atom is 0.341 e. The molecule has 3 aromatic heterocycles. The molecule has 0 aliphatic carbocycles. The molecule has 28 heavy (non-hydrogen) atoms. The van der Waals surface area contributed by atoms with Gasteiger partial charge in [0.25, 0.3) is 5.78 Å². The standard InChI is InChI=1S/C18H21N5O3S2/c1-6-26-16(25)14-11(4)12(5)28-15(14)20-13(24)8-27-18-21-17-19-9(2)7-10(3)23(17)22-18/h7H,6,8H2,1-5H3,(H,20,24). The highest BCUT2D eigenvalue weighted by Crippen LogP contribution is 2.33. The molecular formula is C18H21N5O3S2. The Balaban J connectivity index is 1.71. The van der Waals surface area contributed by atoms with Gasteiger partial charge in [0.1, 0.15) is 5.00 Å². The van der Waals surface area contributed by atoms with Crippen LogP contribution in [0.5, 0.6) is 0 Å². The smallest absolute Gasteiger partial charge is 0.341 e. The van der Waals surface area contributed by atoms with Crippen LogP contribution in [0, 0.1) is 27.7 Å². The molecule has 0 spiro atoms. The summed E-state index contributed by atoms with van der Waals surface area (Å²) >= 11 is 2.58. The van der Waals surface area contributed by atoms with Crippen LogP contribution in [0.15, 0.2) is 11.2 Å². The number of thiophene rings is 1. The van der Waals surface area contributed by atoms with Crippen molar-refractivity contribution in [3.05, 3.63) is 33.5 Å². The number of thioether (sulfide) groups is 1. The van der Waals surface area contributed by atoms with Crippen molar-refractivity contribution in [1.82, 2.24) is 19.6 Å². The average Bonchev–Trinajstić information content (AvgIpc) is 3.14. The zero-order valence-corrected chi connectivity index (χ0v) is 18.0. The van der Waals surface area contributed by atoms with Gasteiger partial charge in [-0.3, -0.25) is 4.79 Å². The van der Waals surface area contributed by atoms with E-state index in [-0.39, 0.29) is 18.3 Å². The summed E-state index contributed by atoms with van der Waals surface area (Å²) in [6.07, 6.45) is 0. The van der Waals surface area contributed by atoms with Crippen LogP contribution in [0.4, 0.5) is 5.00 Å². The van der Waals surface area contributed by atoms with Gasteiger partial charge in [-0.1, -0.05) is 11.8 Å². The van der Waals surface area contributed by atoms with Crippen molar-refractivity contribution in [1.29, 1.82) is 0 Å². The molecule has 0 aliphatic rings. The van der Waals surface area contributed by atoms with Crippen LogP contribution >= 0.6 is 23.1 Å². The van der Waals surface area contributed by atoms with E-state index in [0.29, 0.717) is 21.5 Å². The summed E-state index contributed by atoms with van der Waals surface area (Å²) in [5.41, 5.74) is 3.03. The summed E-state index contributed by atoms with van der Waals surface area (Å²) in [5.74, 6) is -0.0371. The van der Waals surface area contributed by atoms with Gasteiger partial charge in [0.15, 0.2) is 0 Å². The topological polar surface area (TPSA) is 98.5 Å². The predicted octanol–water partition coefficient (Wildman–Crippen LogP) is 3.33. The van der Waals surface area contributed by atoms with E-state index in [1.165, 1.54) is 23.1 Å². The number of aryl methyl sites for hydroxylation is 3. The quantitative estimate of drug-likeness (QED) is 0.483. The van der Waals surface area contributed by atoms with Crippen LogP contribution in [-0.2, 0) is 9.53 Å². The maximum absolute atomic E-state index is 12.4. The third-order valence-corrected chi connectivity index (χ3v) is 6.01. The Hall–Kier alpha value is -2.46. The van der Waals surface area contributed by atoms with Crippen LogP contribution in [-0.4, -0.2) is 43.8 Å². The average molecular weight is 420 g/mol. The van der Waals surface area contributed by atoms with E-state index in [1.54, 1.807) is 11.4 Å². The number of fused-ring (bicyclic) bond motifs is 1. The van der Waals surface area contributed by atoms with Crippen LogP contribution in [0.1, 0.15) is 39.1 Å². The molecule has 0 unspecified atom stereocenters. The van der Waals surface area contributed by atoms with Crippen LogP contribution in [0.25, 0.3) is 5.78 Å². The molecule has 3 aromatic rings. The fraction of sp³-hybridized carbons (Fsp3) is 0.389. The Bertz CT molecular complexity index is 1060. The molecule has 0 fully saturated rings. The Morgan fingerprint density at radius 3 is 2.71 bits per heavy atom. The minimum absolute atomic E-state index is 0.118. The molecule has 0 saturated carbocycles. The number of nitrogens with zero attached hydrogens (tertiary/aromatic N) is 4. The zero-order valence-electron chi connectivity index (χ0n) is 16.3. The number of carbonyl (C=O) groups excluding carboxylic acids is 2. The molecule has 148 valence electrons. The van der Waals surface area contributed by atoms with Crippen molar-refractivity contribution in [3.8, 4) is 0 Å². The number of carbonyl (C=O) groups is 2. The lowest BCUT2D eigenvalue weighted by molar-refractivity contribution is -0.113. The van der Waals surface area contributed by atoms with Gasteiger partial charge < -0.3 is 10.1 Å². The number of hydrogen-bond acceptors (Lipinski definition) is 8. The molecule has 8 nitrogen and oxygen atoms in total. The number of amides is 1. The summed E-state index contributed by atoms with van der Waals surface area (Å²) in [6, 6.07) is 1.92. The molecule has 3 heterocycles. The Morgan fingerprint density at radius 2 is 2.00 bits per heavy atom. The molecule has 10 heteroatoms. The van der Waals surface area contributed by atoms with Gasteiger partial charge in [-0.15, -0.1) is 16.4 Å². The van der Waals surface area contributed by atoms with Gasteiger partial charge in [0.05, 0.1) is 17.9 Å². The van der Waals surface area contributed by atoms with Gasteiger partial charge >= 0.3 is 5.97 Å². The number of aromatic nitrogens is 4. The first-order valence-corrected chi connectivity index (χ1v) is 10.5. The fourth-order valence-corrected chi connectivity index (χ4v) is 4.35. The highest BCUT2D eigenvalue weighted by Gasteiger charge is 2.22. The SMILES string of the molecule is CCOC(=O)c1c(NC(=O)CSc2nc3nc(C)cc(C)n3n2)sc(C)c1C. The van der Waals surface area contributed by atoms with Gasteiger partial charge in [-0.05, 0) is 46.2 Å². The molecule has 3 rings (SSSR count). The normalized spacial score (nSPS) is 11.0. The zero-order chi connectivity index (χ0) is 20.4. The van der Waals surface area contributed by atoms with E-state index >= 15 is 0 Å². The second-order valence-electron chi connectivity index (χ2n) is 6.19. The van der Waals surface area contributed by atoms with Crippen molar-refractivity contribution in [2.75, 3.05) is 17.7 Å². The van der Waals surface area contributed by atoms with Crippen molar-refractivity contribution in [3.63, 3.8) is 0 Å². The summed E-state index contributed by atoms with van der Waals surface area (Å²) in [7, 11) is 0. The number of ether oxygens (including phenoxy) is 1. The third-order valence-electron chi connectivity index (χ3n) is 4.05. The molecular weight excluding hydrogens is 398 g/mol. The first-order valence-electron chi connectivity index (χ1n) is 8.71. The maximum atomic E-state index is 12.4. The largest absolute Gasteiger partial charge is 0.462 e. The minimum Gasteiger partial charge on any atom is -0.462 e. The highest BCUT2D eigenvalue weighted by atomic mass is 32.2. The minimum atomic E-state index is -0.425. The van der Waals surface area contributed by atoms with Gasteiger partial charge in [-0.2, -0.15) is 4.98 Å². The molecule has 1 N–H and O–H groups in total. The lowest BCUT2D eigenvalue weighted by Crippen LogP contribution is -2.16. The third kappa shape index (κ3) is 4.17. The van der Waals surface area contributed by atoms with E-state index < -0.39 is 5.97 Å². The Kier molecular flexibility index (Phi) is 5.99. The molecule has 0 saturated heterocycles. The number of nitrogens with one attached hydrogen (secondary N) is 1. The summed E-state index contributed by atoms with van der Waals surface area (Å²) in [6.45, 7) is 9.61. The summed E-state index contributed by atoms with van der Waals surface area (Å²) < 4.78 is 6.76. The first kappa shape index (κ1) is 20.3. The lowest BCUT2D eigenvalue weighted by Gasteiger charge is -2.06. The number of hydrogen-bond donors (Lipinski definition) is 1. The van der Waals surface area contributed by atoms with Gasteiger partial charge in [0, 0.05) is 16.3 Å².